The number of halogens is 2. The summed E-state index contributed by atoms with van der Waals surface area (Å²) in [5, 5.41) is -4.87. The van der Waals surface area contributed by atoms with E-state index >= 15 is 0 Å². The van der Waals surface area contributed by atoms with E-state index in [-0.39, 0.29) is 14.2 Å². The number of anilines is 1. The van der Waals surface area contributed by atoms with Crippen LogP contribution < -0.4 is 15.5 Å². The largest absolute Gasteiger partial charge is 0.774 e. The number of methoxy groups -OCH3 is 1. The molecule has 0 aliphatic carbocycles. The van der Waals surface area contributed by atoms with E-state index in [2.05, 4.69) is 65.1 Å². The first kappa shape index (κ1) is 57.4. The molecular formula is C39H72BF2N7O11P3S. The minimum atomic E-state index is -6.19. The zero-order valence-electron chi connectivity index (χ0n) is 38.9. The van der Waals surface area contributed by atoms with E-state index in [0.29, 0.717) is 16.3 Å². The maximum Gasteiger partial charge on any atom is 0.369 e. The molecule has 0 spiro atoms. The summed E-state index contributed by atoms with van der Waals surface area (Å²) in [4.78, 5) is 36.0. The van der Waals surface area contributed by atoms with Crippen molar-refractivity contribution in [1.82, 2.24) is 19.5 Å². The Bertz CT molecular complexity index is 1720. The number of alkyl halides is 2. The third-order valence-corrected chi connectivity index (χ3v) is 18.2. The van der Waals surface area contributed by atoms with Gasteiger partial charge < -0.3 is 48.1 Å². The van der Waals surface area contributed by atoms with Gasteiger partial charge in [-0.25, -0.2) is 15.0 Å². The zero-order valence-corrected chi connectivity index (χ0v) is 42.4. The van der Waals surface area contributed by atoms with Crippen molar-refractivity contribution in [3.05, 3.63) is 6.33 Å². The minimum Gasteiger partial charge on any atom is -0.774 e. The van der Waals surface area contributed by atoms with E-state index in [1.54, 1.807) is 6.26 Å². The van der Waals surface area contributed by atoms with Crippen LogP contribution in [0.5, 0.6) is 0 Å². The lowest BCUT2D eigenvalue weighted by Gasteiger charge is -2.48. The molecule has 0 amide bonds. The van der Waals surface area contributed by atoms with Crippen molar-refractivity contribution in [2.75, 3.05) is 71.6 Å². The van der Waals surface area contributed by atoms with Crippen LogP contribution in [0.3, 0.4) is 0 Å². The molecule has 5 rings (SSSR count). The summed E-state index contributed by atoms with van der Waals surface area (Å²) in [5.41, 5.74) is 6.57. The van der Waals surface area contributed by atoms with Crippen molar-refractivity contribution in [2.45, 2.75) is 160 Å². The summed E-state index contributed by atoms with van der Waals surface area (Å²) in [7, 11) is -14.3. The first-order chi connectivity index (χ1) is 30.0. The number of rotatable bonds is 26. The molecule has 25 heteroatoms. The van der Waals surface area contributed by atoms with Crippen molar-refractivity contribution in [3.63, 3.8) is 0 Å². The molecule has 5 heterocycles. The molecular weight excluding hydrogens is 916 g/mol. The monoisotopic (exact) mass is 988 g/mol. The van der Waals surface area contributed by atoms with Crippen LogP contribution in [0.15, 0.2) is 11.5 Å². The number of quaternary nitrogens is 2. The molecule has 3 saturated heterocycles. The average Bonchev–Trinajstić information content (AvgIpc) is 3.97. The molecule has 367 valence electrons. The number of imidazole rings is 1. The number of fused-ring (bicyclic) bond motifs is 2. The van der Waals surface area contributed by atoms with Crippen LogP contribution in [-0.2, 0) is 41.2 Å². The number of ether oxygens (including phenoxy) is 4. The Hall–Kier alpha value is -0.925. The second kappa shape index (κ2) is 26.2. The second-order valence-corrected chi connectivity index (χ2v) is 22.9. The molecule has 2 aromatic rings. The van der Waals surface area contributed by atoms with Gasteiger partial charge in [0, 0.05) is 15.5 Å². The van der Waals surface area contributed by atoms with Crippen LogP contribution in [0.4, 0.5) is 14.6 Å². The van der Waals surface area contributed by atoms with Crippen LogP contribution >= 0.6 is 35.6 Å². The maximum atomic E-state index is 13.6. The molecule has 3 aliphatic rings. The third-order valence-electron chi connectivity index (χ3n) is 11.8. The second-order valence-electron chi connectivity index (χ2n) is 16.7. The summed E-state index contributed by atoms with van der Waals surface area (Å²) in [5.74, 6) is 0.131. The number of hydrogen-bond donors (Lipinski definition) is 1. The molecule has 7 atom stereocenters. The summed E-state index contributed by atoms with van der Waals surface area (Å²) in [6.07, 6.45) is 15.9. The number of aromatic nitrogens is 4. The highest BCUT2D eigenvalue weighted by Crippen LogP contribution is 2.83. The molecule has 18 nitrogen and oxygen atoms in total. The van der Waals surface area contributed by atoms with Crippen molar-refractivity contribution < 1.29 is 68.8 Å². The van der Waals surface area contributed by atoms with Crippen LogP contribution in [0.2, 0.25) is 0 Å². The molecule has 0 saturated carbocycles. The lowest BCUT2D eigenvalue weighted by molar-refractivity contribution is -1.10. The molecule has 3 unspecified atom stereocenters. The van der Waals surface area contributed by atoms with E-state index in [0.717, 1.165) is 0 Å². The van der Waals surface area contributed by atoms with Gasteiger partial charge in [0.05, 0.1) is 52.2 Å². The van der Waals surface area contributed by atoms with Crippen molar-refractivity contribution >= 4 is 61.0 Å². The topological polar surface area (TPSA) is 214 Å². The van der Waals surface area contributed by atoms with Gasteiger partial charge in [0.15, 0.2) is 22.8 Å². The lowest BCUT2D eigenvalue weighted by atomic mass is 10.1. The molecule has 0 aromatic carbocycles. The van der Waals surface area contributed by atoms with Crippen molar-refractivity contribution in [1.29, 1.82) is 0 Å². The fourth-order valence-corrected chi connectivity index (χ4v) is 13.7. The van der Waals surface area contributed by atoms with Crippen LogP contribution in [-0.4, -0.2) is 133 Å². The predicted molar refractivity (Wildman–Crippen MR) is 241 cm³/mol. The number of unbranched alkanes of at least 4 members (excludes halogenated alkanes) is 6. The van der Waals surface area contributed by atoms with E-state index in [1.165, 1.54) is 162 Å². The van der Waals surface area contributed by atoms with Crippen molar-refractivity contribution in [3.8, 4) is 0 Å². The van der Waals surface area contributed by atoms with Gasteiger partial charge >= 0.3 is 14.0 Å². The van der Waals surface area contributed by atoms with Gasteiger partial charge in [-0.3, -0.25) is 22.2 Å². The summed E-state index contributed by atoms with van der Waals surface area (Å²) in [6, 6.07) is 0. The molecule has 2 aromatic heterocycles. The predicted octanol–water partition coefficient (Wildman–Crippen LogP) is 7.69. The maximum absolute atomic E-state index is 13.6. The molecule has 3 radical (unpaired) electrons. The summed E-state index contributed by atoms with van der Waals surface area (Å²) >= 11 is 1.24. The number of thioether (sulfide) groups is 1. The van der Waals surface area contributed by atoms with Crippen LogP contribution in [0.25, 0.3) is 11.2 Å². The molecule has 3 fully saturated rings. The van der Waals surface area contributed by atoms with Gasteiger partial charge in [0.25, 0.3) is 6.48 Å². The number of hydrogen-bond acceptors (Lipinski definition) is 16. The smallest absolute Gasteiger partial charge is 0.369 e. The van der Waals surface area contributed by atoms with E-state index < -0.39 is 66.8 Å². The normalized spacial score (nSPS) is 27.9. The lowest BCUT2D eigenvalue weighted by Crippen LogP contribution is -2.64. The van der Waals surface area contributed by atoms with Gasteiger partial charge in [0.2, 0.25) is 21.9 Å². The van der Waals surface area contributed by atoms with E-state index in [1.807, 2.05) is 0 Å². The number of nitrogens with two attached hydrogens (primary N) is 1. The van der Waals surface area contributed by atoms with Gasteiger partial charge in [-0.05, 0) is 44.8 Å². The Kier molecular flexibility index (Phi) is 23.5. The number of nitrogen functional groups attached to an aromatic ring is 1. The Morgan fingerprint density at radius 3 is 1.69 bits per heavy atom. The van der Waals surface area contributed by atoms with E-state index in [9.17, 15) is 27.7 Å². The van der Waals surface area contributed by atoms with Gasteiger partial charge in [-0.15, -0.1) is 0 Å². The molecule has 3 aliphatic heterocycles. The molecule has 0 bridgehead atoms. The fourth-order valence-electron chi connectivity index (χ4n) is 8.28. The highest BCUT2D eigenvalue weighted by atomic mass is 32.2. The first-order valence-corrected chi connectivity index (χ1v) is 27.9. The average molecular weight is 989 g/mol. The molecule has 64 heavy (non-hydrogen) atoms. The highest BCUT2D eigenvalue weighted by Gasteiger charge is 2.61. The Labute approximate surface area is 386 Å². The summed E-state index contributed by atoms with van der Waals surface area (Å²) in [6.45, 7) is 22.5. The summed E-state index contributed by atoms with van der Waals surface area (Å²) < 4.78 is 90.5. The van der Waals surface area contributed by atoms with Crippen LogP contribution in [0, 0.1) is 0 Å². The molecule has 2 N–H and O–H groups in total. The quantitative estimate of drug-likeness (QED) is 0.0239. The van der Waals surface area contributed by atoms with E-state index in [4.69, 9.17) is 29.2 Å². The van der Waals surface area contributed by atoms with Crippen LogP contribution in [0.1, 0.15) is 125 Å². The standard InChI is InChI=1S/C25H56N2.C14H18F2N5O11P3S.B/c1-7-13-19-26(20-14-8-2,21-15-9-3)25-27(22-16-10-4,23-17-11-5)24-18-12-6;1-26-13-29-7-5(3-27-33-31-34(22,23)14(15,16)35(24,25)32-33)28-11(8(7)30-13)21-4-18-6-9(17)19-12(36-2)20-10(6)21;/h7-25H2,1-6H3;4-5,7-8,11,13H,3H2,1-2H3,(H,22,23)(H,24,25)(H2,17,19,20);/q+2;;/p-2/t;5-,7-,8-,11-,13?;/m.1./s1. The SMILES string of the molecule is CCCC[N+](CCCC)(CCCC)C[N+](CCCC)(CCCC)CCCC.COC1O[C@@H]2[C@H](O1)[C@@H](COP1OP(=O)([O-])C(F)(F)P(=O)([O-])O1)O[C@H]2n1cnc2c(N)nc(SC)nc21.[B]. The Morgan fingerprint density at radius 2 is 1.27 bits per heavy atom. The first-order valence-electron chi connectivity index (χ1n) is 22.5. The minimum absolute atomic E-state index is 0. The third kappa shape index (κ3) is 14.1. The Morgan fingerprint density at radius 1 is 0.812 bits per heavy atom. The fraction of sp³-hybridized carbons (Fsp3) is 0.872. The van der Waals surface area contributed by atoms with Crippen molar-refractivity contribution in [2.24, 2.45) is 0 Å². The van der Waals surface area contributed by atoms with Gasteiger partial charge in [-0.2, -0.15) is 8.78 Å². The number of nitrogens with zero attached hydrogens (tertiary/aromatic N) is 6. The zero-order chi connectivity index (χ0) is 46.5. The highest BCUT2D eigenvalue weighted by molar-refractivity contribution is 7.98. The Balaban J connectivity index is 0.000000352. The van der Waals surface area contributed by atoms with Gasteiger partial charge in [-0.1, -0.05) is 91.8 Å². The van der Waals surface area contributed by atoms with Gasteiger partial charge in [0.1, 0.15) is 23.8 Å².